The molecule has 0 unspecified atom stereocenters. The third-order valence-electron chi connectivity index (χ3n) is 1.79. The molecule has 1 aromatic heterocycles. The van der Waals surface area contributed by atoms with Gasteiger partial charge in [-0.05, 0) is 34.1 Å². The van der Waals surface area contributed by atoms with E-state index in [2.05, 4.69) is 26.6 Å². The van der Waals surface area contributed by atoms with Gasteiger partial charge in [0.2, 0.25) is 11.8 Å². The third-order valence-corrected chi connectivity index (χ3v) is 3.38. The molecule has 1 aromatic rings. The van der Waals surface area contributed by atoms with Crippen molar-refractivity contribution in [1.29, 1.82) is 0 Å². The van der Waals surface area contributed by atoms with Crippen molar-refractivity contribution in [2.24, 2.45) is 0 Å². The first kappa shape index (κ1) is 13.9. The van der Waals surface area contributed by atoms with E-state index in [0.29, 0.717) is 13.1 Å². The van der Waals surface area contributed by atoms with Crippen LogP contribution in [0, 0.1) is 0 Å². The second-order valence-corrected chi connectivity index (χ2v) is 5.74. The Morgan fingerprint density at radius 3 is 2.65 bits per heavy atom. The highest BCUT2D eigenvalue weighted by molar-refractivity contribution is 9.11. The Morgan fingerprint density at radius 2 is 2.06 bits per heavy atom. The lowest BCUT2D eigenvalue weighted by molar-refractivity contribution is -0.119. The first-order chi connectivity index (χ1) is 8.08. The smallest absolute Gasteiger partial charge is 0.244 e. The predicted molar refractivity (Wildman–Crippen MR) is 72.7 cm³/mol. The molecule has 0 aliphatic heterocycles. The fraction of sp³-hybridized carbons (Fsp3) is 0.273. The van der Waals surface area contributed by atoms with Gasteiger partial charge in [-0.3, -0.25) is 9.59 Å². The Hall–Kier alpha value is -1.14. The number of thiophene rings is 1. The normalized spacial score (nSPS) is 10.5. The van der Waals surface area contributed by atoms with Crippen LogP contribution in [-0.4, -0.2) is 24.9 Å². The minimum atomic E-state index is -0.167. The van der Waals surface area contributed by atoms with Crippen LogP contribution in [0.1, 0.15) is 11.8 Å². The van der Waals surface area contributed by atoms with Gasteiger partial charge >= 0.3 is 0 Å². The maximum absolute atomic E-state index is 11.4. The highest BCUT2D eigenvalue weighted by Crippen LogP contribution is 2.22. The van der Waals surface area contributed by atoms with Crippen molar-refractivity contribution in [3.63, 3.8) is 0 Å². The average Bonchev–Trinajstić information content (AvgIpc) is 2.67. The average molecular weight is 317 g/mol. The van der Waals surface area contributed by atoms with Crippen LogP contribution in [0.15, 0.2) is 22.0 Å². The lowest BCUT2D eigenvalue weighted by Crippen LogP contribution is -2.32. The Bertz CT molecular complexity index is 429. The summed E-state index contributed by atoms with van der Waals surface area (Å²) in [7, 11) is 0. The number of nitrogens with one attached hydrogen (secondary N) is 2. The molecular weight excluding hydrogens is 304 g/mol. The predicted octanol–water partition coefficient (Wildman–Crippen LogP) is 1.78. The molecule has 92 valence electrons. The van der Waals surface area contributed by atoms with Crippen molar-refractivity contribution in [3.05, 3.63) is 26.9 Å². The summed E-state index contributed by atoms with van der Waals surface area (Å²) in [4.78, 5) is 22.9. The molecule has 0 atom stereocenters. The summed E-state index contributed by atoms with van der Waals surface area (Å²) in [6.45, 7) is 2.31. The maximum atomic E-state index is 11.4. The third kappa shape index (κ3) is 6.23. The summed E-state index contributed by atoms with van der Waals surface area (Å²) in [5.74, 6) is -0.266. The maximum Gasteiger partial charge on any atom is 0.244 e. The van der Waals surface area contributed by atoms with Gasteiger partial charge in [-0.1, -0.05) is 0 Å². The van der Waals surface area contributed by atoms with E-state index < -0.39 is 0 Å². The molecule has 0 fully saturated rings. The summed E-state index contributed by atoms with van der Waals surface area (Å²) in [5.41, 5.74) is 0. The van der Waals surface area contributed by atoms with E-state index in [4.69, 9.17) is 0 Å². The van der Waals surface area contributed by atoms with Crippen LogP contribution in [-0.2, 0) is 9.59 Å². The zero-order chi connectivity index (χ0) is 12.7. The van der Waals surface area contributed by atoms with Crippen molar-refractivity contribution < 1.29 is 9.59 Å². The topological polar surface area (TPSA) is 58.2 Å². The molecule has 0 bridgehead atoms. The van der Waals surface area contributed by atoms with E-state index in [-0.39, 0.29) is 11.8 Å². The molecule has 2 amide bonds. The SMILES string of the molecule is CC(=O)NCCNC(=O)C=Cc1ccc(Br)s1. The summed E-state index contributed by atoms with van der Waals surface area (Å²) >= 11 is 4.90. The summed E-state index contributed by atoms with van der Waals surface area (Å²) in [6.07, 6.45) is 3.23. The summed E-state index contributed by atoms with van der Waals surface area (Å²) in [6, 6.07) is 3.86. The fourth-order valence-electron chi connectivity index (χ4n) is 1.06. The van der Waals surface area contributed by atoms with Gasteiger partial charge in [0.15, 0.2) is 0 Å². The molecule has 2 N–H and O–H groups in total. The second kappa shape index (κ2) is 7.24. The molecule has 1 heterocycles. The molecule has 0 aromatic carbocycles. The van der Waals surface area contributed by atoms with Gasteiger partial charge in [-0.15, -0.1) is 11.3 Å². The Labute approximate surface area is 112 Å². The fourth-order valence-corrected chi connectivity index (χ4v) is 2.39. The molecule has 6 heteroatoms. The van der Waals surface area contributed by atoms with E-state index in [9.17, 15) is 9.59 Å². The van der Waals surface area contributed by atoms with E-state index in [1.807, 2.05) is 12.1 Å². The zero-order valence-corrected chi connectivity index (χ0v) is 11.7. The van der Waals surface area contributed by atoms with Crippen LogP contribution >= 0.6 is 27.3 Å². The second-order valence-electron chi connectivity index (χ2n) is 3.25. The van der Waals surface area contributed by atoms with E-state index in [1.165, 1.54) is 13.0 Å². The van der Waals surface area contributed by atoms with Gasteiger partial charge < -0.3 is 10.6 Å². The Kier molecular flexibility index (Phi) is 5.93. The van der Waals surface area contributed by atoms with Crippen molar-refractivity contribution in [1.82, 2.24) is 10.6 Å². The Balaban J connectivity index is 2.25. The van der Waals surface area contributed by atoms with E-state index in [1.54, 1.807) is 17.4 Å². The summed E-state index contributed by atoms with van der Waals surface area (Å²) < 4.78 is 1.03. The van der Waals surface area contributed by atoms with Gasteiger partial charge in [0.25, 0.3) is 0 Å². The molecule has 0 saturated carbocycles. The largest absolute Gasteiger partial charge is 0.355 e. The number of rotatable bonds is 5. The van der Waals surface area contributed by atoms with E-state index >= 15 is 0 Å². The lowest BCUT2D eigenvalue weighted by Gasteiger charge is -2.02. The lowest BCUT2D eigenvalue weighted by atomic mass is 10.4. The molecule has 4 nitrogen and oxygen atoms in total. The van der Waals surface area contributed by atoms with Gasteiger partial charge in [0.1, 0.15) is 0 Å². The molecule has 0 radical (unpaired) electrons. The van der Waals surface area contributed by atoms with Crippen molar-refractivity contribution >= 4 is 45.2 Å². The molecule has 1 rings (SSSR count). The number of carbonyl (C=O) groups is 2. The number of hydrogen-bond acceptors (Lipinski definition) is 3. The molecule has 0 saturated heterocycles. The minimum absolute atomic E-state index is 0.0989. The highest BCUT2D eigenvalue weighted by Gasteiger charge is 1.97. The number of carbonyl (C=O) groups excluding carboxylic acids is 2. The minimum Gasteiger partial charge on any atom is -0.355 e. The van der Waals surface area contributed by atoms with Gasteiger partial charge in [-0.2, -0.15) is 0 Å². The molecular formula is C11H13BrN2O2S. The quantitative estimate of drug-likeness (QED) is 0.642. The van der Waals surface area contributed by atoms with Crippen LogP contribution in [0.2, 0.25) is 0 Å². The van der Waals surface area contributed by atoms with Crippen molar-refractivity contribution in [3.8, 4) is 0 Å². The molecule has 0 spiro atoms. The summed E-state index contributed by atoms with van der Waals surface area (Å²) in [5, 5.41) is 5.26. The monoisotopic (exact) mass is 316 g/mol. The number of hydrogen-bond donors (Lipinski definition) is 2. The highest BCUT2D eigenvalue weighted by atomic mass is 79.9. The van der Waals surface area contributed by atoms with Gasteiger partial charge in [0, 0.05) is 31.0 Å². The van der Waals surface area contributed by atoms with Crippen LogP contribution in [0.3, 0.4) is 0 Å². The van der Waals surface area contributed by atoms with Crippen LogP contribution in [0.5, 0.6) is 0 Å². The van der Waals surface area contributed by atoms with E-state index in [0.717, 1.165) is 8.66 Å². The molecule has 17 heavy (non-hydrogen) atoms. The Morgan fingerprint density at radius 1 is 1.35 bits per heavy atom. The van der Waals surface area contributed by atoms with Crippen molar-refractivity contribution in [2.75, 3.05) is 13.1 Å². The zero-order valence-electron chi connectivity index (χ0n) is 9.33. The van der Waals surface area contributed by atoms with Crippen LogP contribution in [0.4, 0.5) is 0 Å². The molecule has 0 aliphatic carbocycles. The number of amides is 2. The standard InChI is InChI=1S/C11H13BrN2O2S/c1-8(15)13-6-7-14-11(16)5-3-9-2-4-10(12)17-9/h2-5H,6-7H2,1H3,(H,13,15)(H,14,16). The van der Waals surface area contributed by atoms with Gasteiger partial charge in [0.05, 0.1) is 3.79 Å². The van der Waals surface area contributed by atoms with Crippen LogP contribution in [0.25, 0.3) is 6.08 Å². The molecule has 0 aliphatic rings. The first-order valence-electron chi connectivity index (χ1n) is 5.03. The van der Waals surface area contributed by atoms with Crippen molar-refractivity contribution in [2.45, 2.75) is 6.92 Å². The van der Waals surface area contributed by atoms with Gasteiger partial charge in [-0.25, -0.2) is 0 Å². The first-order valence-corrected chi connectivity index (χ1v) is 6.64. The number of halogens is 1. The van der Waals surface area contributed by atoms with Crippen LogP contribution < -0.4 is 10.6 Å².